The molecule has 0 radical (unpaired) electrons. The minimum atomic E-state index is -0.431. The zero-order valence-corrected chi connectivity index (χ0v) is 18.3. The molecule has 0 saturated carbocycles. The zero-order valence-electron chi connectivity index (χ0n) is 17.6. The number of fused-ring (bicyclic) bond motifs is 1. The van der Waals surface area contributed by atoms with Crippen molar-refractivity contribution in [3.05, 3.63) is 47.6 Å². The number of nitrogens with zero attached hydrogens (tertiary/aromatic N) is 3. The quantitative estimate of drug-likeness (QED) is 0.557. The van der Waals surface area contributed by atoms with Gasteiger partial charge in [-0.25, -0.2) is 14.4 Å². The monoisotopic (exact) mass is 457 g/mol. The number of hydrogen-bond donors (Lipinski definition) is 2. The number of H-pyrrole nitrogens is 1. The van der Waals surface area contributed by atoms with Gasteiger partial charge in [-0.15, -0.1) is 0 Å². The predicted octanol–water partition coefficient (Wildman–Crippen LogP) is 4.05. The standard InChI is InChI=1S/C23H25ClFN5O2/c24-16-7-17(25)9-18(8-16)29-21(15-11-32-12-15)20(31)6-14-2-1-5-30(10-14)23-19-3-4-26-22(19)27-13-28-23/h3-4,7-9,13-15,21,29H,1-2,5-6,10-12H2,(H,26,27,28)/t14-,21?/m0/s1. The summed E-state index contributed by atoms with van der Waals surface area (Å²) < 4.78 is 19.1. The third kappa shape index (κ3) is 4.42. The first-order valence-electron chi connectivity index (χ1n) is 10.9. The molecule has 32 heavy (non-hydrogen) atoms. The number of nitrogens with one attached hydrogen (secondary N) is 2. The Kier molecular flexibility index (Phi) is 5.97. The average Bonchev–Trinajstić information content (AvgIpc) is 3.20. The van der Waals surface area contributed by atoms with Gasteiger partial charge < -0.3 is 19.9 Å². The molecule has 9 heteroatoms. The number of rotatable bonds is 7. The smallest absolute Gasteiger partial charge is 0.155 e. The van der Waals surface area contributed by atoms with E-state index in [2.05, 4.69) is 25.2 Å². The molecule has 2 aliphatic heterocycles. The highest BCUT2D eigenvalue weighted by Crippen LogP contribution is 2.30. The van der Waals surface area contributed by atoms with E-state index < -0.39 is 11.9 Å². The van der Waals surface area contributed by atoms with Crippen LogP contribution in [0, 0.1) is 17.7 Å². The summed E-state index contributed by atoms with van der Waals surface area (Å²) in [5, 5.41) is 4.52. The number of piperidine rings is 1. The van der Waals surface area contributed by atoms with E-state index in [1.54, 1.807) is 12.4 Å². The minimum absolute atomic E-state index is 0.0746. The van der Waals surface area contributed by atoms with Crippen molar-refractivity contribution in [2.45, 2.75) is 25.3 Å². The van der Waals surface area contributed by atoms with Crippen LogP contribution in [-0.2, 0) is 9.53 Å². The van der Waals surface area contributed by atoms with E-state index in [0.29, 0.717) is 30.3 Å². The van der Waals surface area contributed by atoms with Crippen molar-refractivity contribution in [2.75, 3.05) is 36.5 Å². The molecule has 2 aliphatic rings. The second-order valence-electron chi connectivity index (χ2n) is 8.64. The molecule has 1 aromatic carbocycles. The van der Waals surface area contributed by atoms with Crippen molar-refractivity contribution in [1.29, 1.82) is 0 Å². The van der Waals surface area contributed by atoms with Gasteiger partial charge in [0.2, 0.25) is 0 Å². The molecule has 3 aromatic rings. The number of carbonyl (C=O) groups excluding carboxylic acids is 1. The molecule has 2 fully saturated rings. The van der Waals surface area contributed by atoms with Crippen molar-refractivity contribution in [1.82, 2.24) is 15.0 Å². The summed E-state index contributed by atoms with van der Waals surface area (Å²) >= 11 is 6.00. The third-order valence-corrected chi connectivity index (χ3v) is 6.53. The number of aromatic amines is 1. The Labute approximate surface area is 190 Å². The Bertz CT molecular complexity index is 1100. The highest BCUT2D eigenvalue weighted by Gasteiger charge is 2.35. The number of anilines is 2. The summed E-state index contributed by atoms with van der Waals surface area (Å²) in [7, 11) is 0. The first-order chi connectivity index (χ1) is 15.6. The van der Waals surface area contributed by atoms with E-state index in [4.69, 9.17) is 16.3 Å². The third-order valence-electron chi connectivity index (χ3n) is 6.31. The number of benzene rings is 1. The van der Waals surface area contributed by atoms with E-state index in [0.717, 1.165) is 42.8 Å². The van der Waals surface area contributed by atoms with Crippen molar-refractivity contribution < 1.29 is 13.9 Å². The summed E-state index contributed by atoms with van der Waals surface area (Å²) in [6, 6.07) is 5.82. The molecular formula is C23H25ClFN5O2. The summed E-state index contributed by atoms with van der Waals surface area (Å²) in [6.07, 6.45) is 5.88. The molecule has 0 spiro atoms. The highest BCUT2D eigenvalue weighted by atomic mass is 35.5. The Morgan fingerprint density at radius 2 is 2.22 bits per heavy atom. The summed E-state index contributed by atoms with van der Waals surface area (Å²) in [5.41, 5.74) is 1.33. The predicted molar refractivity (Wildman–Crippen MR) is 122 cm³/mol. The van der Waals surface area contributed by atoms with Gasteiger partial charge in [-0.2, -0.15) is 0 Å². The molecule has 2 aromatic heterocycles. The van der Waals surface area contributed by atoms with Gasteiger partial charge in [-0.1, -0.05) is 11.6 Å². The second kappa shape index (κ2) is 9.03. The SMILES string of the molecule is O=C(C[C@@H]1CCCN(c2ncnc3[nH]ccc23)C1)C(Nc1cc(F)cc(Cl)c1)C1COC1. The van der Waals surface area contributed by atoms with Gasteiger partial charge in [-0.3, -0.25) is 4.79 Å². The molecule has 0 bridgehead atoms. The molecule has 4 heterocycles. The maximum absolute atomic E-state index is 13.8. The number of ketones is 1. The number of halogens is 2. The molecular weight excluding hydrogens is 433 g/mol. The van der Waals surface area contributed by atoms with Gasteiger partial charge in [0, 0.05) is 42.3 Å². The van der Waals surface area contributed by atoms with Gasteiger partial charge in [0.15, 0.2) is 5.78 Å². The molecule has 0 amide bonds. The molecule has 5 rings (SSSR count). The topological polar surface area (TPSA) is 83.1 Å². The van der Waals surface area contributed by atoms with Crippen LogP contribution in [0.25, 0.3) is 11.0 Å². The van der Waals surface area contributed by atoms with Crippen LogP contribution < -0.4 is 10.2 Å². The number of Topliss-reactive ketones (excluding diaryl/α,β-unsaturated/α-hetero) is 1. The van der Waals surface area contributed by atoms with Crippen molar-refractivity contribution in [2.24, 2.45) is 11.8 Å². The first kappa shape index (κ1) is 21.2. The fourth-order valence-electron chi connectivity index (χ4n) is 4.67. The van der Waals surface area contributed by atoms with Crippen molar-refractivity contribution in [3.8, 4) is 0 Å². The van der Waals surface area contributed by atoms with Crippen LogP contribution in [0.15, 0.2) is 36.8 Å². The van der Waals surface area contributed by atoms with E-state index in [-0.39, 0.29) is 17.6 Å². The first-order valence-corrected chi connectivity index (χ1v) is 11.3. The molecule has 2 saturated heterocycles. The Balaban J connectivity index is 1.29. The van der Waals surface area contributed by atoms with Crippen LogP contribution in [-0.4, -0.2) is 53.1 Å². The summed E-state index contributed by atoms with van der Waals surface area (Å²) in [4.78, 5) is 27.5. The highest BCUT2D eigenvalue weighted by molar-refractivity contribution is 6.30. The molecule has 7 nitrogen and oxygen atoms in total. The van der Waals surface area contributed by atoms with Crippen LogP contribution in [0.5, 0.6) is 0 Å². The average molecular weight is 458 g/mol. The van der Waals surface area contributed by atoms with Gasteiger partial charge in [0.05, 0.1) is 24.6 Å². The summed E-state index contributed by atoms with van der Waals surface area (Å²) in [6.45, 7) is 2.72. The Morgan fingerprint density at radius 3 is 3.00 bits per heavy atom. The van der Waals surface area contributed by atoms with E-state index in [9.17, 15) is 9.18 Å². The summed E-state index contributed by atoms with van der Waals surface area (Å²) in [5.74, 6) is 0.900. The fourth-order valence-corrected chi connectivity index (χ4v) is 4.89. The van der Waals surface area contributed by atoms with Gasteiger partial charge in [0.25, 0.3) is 0 Å². The van der Waals surface area contributed by atoms with Crippen LogP contribution in [0.3, 0.4) is 0 Å². The lowest BCUT2D eigenvalue weighted by Crippen LogP contribution is -2.48. The largest absolute Gasteiger partial charge is 0.380 e. The number of carbonyl (C=O) groups is 1. The molecule has 168 valence electrons. The van der Waals surface area contributed by atoms with Crippen molar-refractivity contribution >= 4 is 39.9 Å². The normalized spacial score (nSPS) is 20.2. The number of ether oxygens (including phenoxy) is 1. The van der Waals surface area contributed by atoms with Gasteiger partial charge in [-0.05, 0) is 43.0 Å². The van der Waals surface area contributed by atoms with E-state index in [1.165, 1.54) is 12.1 Å². The molecule has 2 atom stereocenters. The maximum atomic E-state index is 13.8. The van der Waals surface area contributed by atoms with Crippen LogP contribution in [0.4, 0.5) is 15.9 Å². The van der Waals surface area contributed by atoms with Crippen molar-refractivity contribution in [3.63, 3.8) is 0 Å². The van der Waals surface area contributed by atoms with E-state index >= 15 is 0 Å². The van der Waals surface area contributed by atoms with Gasteiger partial charge in [0.1, 0.15) is 23.6 Å². The lowest BCUT2D eigenvalue weighted by molar-refractivity contribution is -0.127. The second-order valence-corrected chi connectivity index (χ2v) is 9.08. The zero-order chi connectivity index (χ0) is 22.1. The fraction of sp³-hybridized carbons (Fsp3) is 0.435. The molecule has 2 N–H and O–H groups in total. The minimum Gasteiger partial charge on any atom is -0.380 e. The molecule has 1 unspecified atom stereocenters. The van der Waals surface area contributed by atoms with Crippen LogP contribution >= 0.6 is 11.6 Å². The van der Waals surface area contributed by atoms with E-state index in [1.807, 2.05) is 12.3 Å². The maximum Gasteiger partial charge on any atom is 0.155 e. The van der Waals surface area contributed by atoms with Gasteiger partial charge >= 0.3 is 0 Å². The Morgan fingerprint density at radius 1 is 1.34 bits per heavy atom. The van der Waals surface area contributed by atoms with Crippen LogP contribution in [0.2, 0.25) is 5.02 Å². The Hall–Kier alpha value is -2.71. The lowest BCUT2D eigenvalue weighted by Gasteiger charge is -2.37. The van der Waals surface area contributed by atoms with Crippen LogP contribution in [0.1, 0.15) is 19.3 Å². The lowest BCUT2D eigenvalue weighted by atomic mass is 9.86. The number of aromatic nitrogens is 3. The number of hydrogen-bond acceptors (Lipinski definition) is 6. The molecule has 0 aliphatic carbocycles.